The van der Waals surface area contributed by atoms with E-state index in [4.69, 9.17) is 9.97 Å². The zero-order valence-electron chi connectivity index (χ0n) is 42.0. The first-order valence-corrected chi connectivity index (χ1v) is 24.1. The van der Waals surface area contributed by atoms with E-state index >= 15 is 0 Å². The molecular formula is C64H64N3OPt-. The summed E-state index contributed by atoms with van der Waals surface area (Å²) in [4.78, 5) is 10.7. The summed E-state index contributed by atoms with van der Waals surface area (Å²) in [6, 6.07) is 60.3. The fourth-order valence-electron chi connectivity index (χ4n) is 9.35. The number of hydrogen-bond donors (Lipinski definition) is 1. The maximum atomic E-state index is 12.6. The molecule has 2 aromatic heterocycles. The predicted molar refractivity (Wildman–Crippen MR) is 287 cm³/mol. The Labute approximate surface area is 424 Å². The molecule has 1 N–H and O–H groups in total. The number of benzene rings is 7. The molecule has 0 fully saturated rings. The first-order chi connectivity index (χ1) is 32.3. The molecule has 352 valence electrons. The van der Waals surface area contributed by atoms with Crippen molar-refractivity contribution < 1.29 is 26.2 Å². The largest absolute Gasteiger partial charge is 0.507 e. The summed E-state index contributed by atoms with van der Waals surface area (Å²) in [6.45, 7) is 24.5. The molecule has 0 amide bonds. The molecule has 69 heavy (non-hydrogen) atoms. The quantitative estimate of drug-likeness (QED) is 0.147. The second-order valence-electron chi connectivity index (χ2n) is 22.0. The van der Waals surface area contributed by atoms with Crippen LogP contribution in [0.2, 0.25) is 0 Å². The summed E-state index contributed by atoms with van der Waals surface area (Å²) in [7, 11) is 0. The molecule has 0 spiro atoms. The zero-order chi connectivity index (χ0) is 48.1. The van der Waals surface area contributed by atoms with Gasteiger partial charge >= 0.3 is 0 Å². The molecule has 0 atom stereocenters. The van der Waals surface area contributed by atoms with Crippen molar-refractivity contribution in [1.82, 2.24) is 14.5 Å². The van der Waals surface area contributed by atoms with Gasteiger partial charge in [-0.25, -0.2) is 4.98 Å². The number of para-hydroxylation sites is 1. The number of phenolic OH excluding ortho intramolecular Hbond substituents is 1. The van der Waals surface area contributed by atoms with Crippen LogP contribution in [0.5, 0.6) is 5.75 Å². The summed E-state index contributed by atoms with van der Waals surface area (Å²) in [5, 5.41) is 12.6. The van der Waals surface area contributed by atoms with E-state index in [-0.39, 0.29) is 43.1 Å². The van der Waals surface area contributed by atoms with Crippen LogP contribution in [0, 0.1) is 12.0 Å². The first kappa shape index (κ1) is 49.1. The van der Waals surface area contributed by atoms with E-state index in [1.807, 2.05) is 6.20 Å². The van der Waals surface area contributed by atoms with Crippen LogP contribution in [0.4, 0.5) is 0 Å². The van der Waals surface area contributed by atoms with Crippen molar-refractivity contribution >= 4 is 11.0 Å². The molecule has 0 saturated carbocycles. The summed E-state index contributed by atoms with van der Waals surface area (Å²) >= 11 is 0. The van der Waals surface area contributed by atoms with Gasteiger partial charge in [0, 0.05) is 44.1 Å². The summed E-state index contributed by atoms with van der Waals surface area (Å²) in [5.74, 6) is 1.43. The van der Waals surface area contributed by atoms with E-state index < -0.39 is 0 Å². The summed E-state index contributed by atoms with van der Waals surface area (Å²) < 4.78 is 2.28. The van der Waals surface area contributed by atoms with Gasteiger partial charge in [-0.15, -0.1) is 23.8 Å². The summed E-state index contributed by atoms with van der Waals surface area (Å²) in [5.41, 5.74) is 17.8. The van der Waals surface area contributed by atoms with Crippen molar-refractivity contribution in [2.45, 2.75) is 98.8 Å². The number of nitrogens with zero attached hydrogens (tertiary/aromatic N) is 3. The smallest absolute Gasteiger partial charge is 0.148 e. The average Bonchev–Trinajstić information content (AvgIpc) is 3.70. The van der Waals surface area contributed by atoms with Crippen LogP contribution in [-0.2, 0) is 43.7 Å². The van der Waals surface area contributed by atoms with Crippen molar-refractivity contribution in [2.75, 3.05) is 0 Å². The third kappa shape index (κ3) is 10.2. The zero-order valence-corrected chi connectivity index (χ0v) is 44.3. The Morgan fingerprint density at radius 1 is 0.536 bits per heavy atom. The van der Waals surface area contributed by atoms with Crippen molar-refractivity contribution in [2.24, 2.45) is 5.92 Å². The third-order valence-electron chi connectivity index (χ3n) is 13.1. The minimum Gasteiger partial charge on any atom is -0.507 e. The van der Waals surface area contributed by atoms with Crippen LogP contribution in [0.25, 0.3) is 83.9 Å². The van der Waals surface area contributed by atoms with Gasteiger partial charge in [0.05, 0.1) is 22.3 Å². The van der Waals surface area contributed by atoms with Gasteiger partial charge in [-0.3, -0.25) is 9.55 Å². The van der Waals surface area contributed by atoms with Crippen molar-refractivity contribution in [3.05, 3.63) is 192 Å². The van der Waals surface area contributed by atoms with Crippen molar-refractivity contribution in [3.63, 3.8) is 0 Å². The van der Waals surface area contributed by atoms with Gasteiger partial charge in [0.25, 0.3) is 0 Å². The van der Waals surface area contributed by atoms with Crippen LogP contribution in [0.15, 0.2) is 164 Å². The molecule has 0 aliphatic carbocycles. The number of imidazole rings is 1. The topological polar surface area (TPSA) is 50.9 Å². The Bertz CT molecular complexity index is 3270. The molecule has 0 radical (unpaired) electrons. The fourth-order valence-corrected chi connectivity index (χ4v) is 9.35. The molecule has 0 saturated heterocycles. The normalized spacial score (nSPS) is 12.1. The number of aromatic nitrogens is 3. The Kier molecular flexibility index (Phi) is 13.7. The van der Waals surface area contributed by atoms with Crippen LogP contribution >= 0.6 is 0 Å². The second-order valence-corrected chi connectivity index (χ2v) is 22.0. The Morgan fingerprint density at radius 3 is 1.81 bits per heavy atom. The molecule has 9 rings (SSSR count). The maximum Gasteiger partial charge on any atom is 0.148 e. The van der Waals surface area contributed by atoms with E-state index in [9.17, 15) is 5.11 Å². The number of phenols is 1. The average molecular weight is 1090 g/mol. The Morgan fingerprint density at radius 2 is 1.17 bits per heavy atom. The number of pyridine rings is 1. The first-order valence-electron chi connectivity index (χ1n) is 24.1. The second kappa shape index (κ2) is 19.2. The van der Waals surface area contributed by atoms with E-state index in [0.29, 0.717) is 17.3 Å². The van der Waals surface area contributed by atoms with Crippen LogP contribution in [-0.4, -0.2) is 19.6 Å². The number of rotatable bonds is 9. The van der Waals surface area contributed by atoms with Gasteiger partial charge in [0.15, 0.2) is 0 Å². The van der Waals surface area contributed by atoms with Gasteiger partial charge < -0.3 is 5.11 Å². The van der Waals surface area contributed by atoms with Crippen molar-refractivity contribution in [3.8, 4) is 78.6 Å². The van der Waals surface area contributed by atoms with Crippen LogP contribution in [0.3, 0.4) is 0 Å². The standard InChI is InChI=1S/C64H64N3O.Pt/c1-41(2)33-42-25-30-57(53(34-42)45-21-16-13-17-22-45)67-58-24-18-23-52(59(58)66-61(67)54-39-51(63(6,7)8)40-55(60(54)68)64(9,10)11)48-35-47(43-19-14-12-15-20-43)36-49(37-48)56-38-46(31-32-65-56)44-26-28-50(29-27-44)62(3,4)5;/h12-32,34-36,38-41,68H,33H2,1-11H3;/q-1;. The Balaban J connectivity index is 0.00000642. The van der Waals surface area contributed by atoms with Gasteiger partial charge in [-0.1, -0.05) is 208 Å². The minimum absolute atomic E-state index is 0. The molecule has 0 unspecified atom stereocenters. The molecule has 2 heterocycles. The molecule has 7 aromatic carbocycles. The molecule has 0 aliphatic heterocycles. The van der Waals surface area contributed by atoms with Crippen molar-refractivity contribution in [1.29, 1.82) is 0 Å². The van der Waals surface area contributed by atoms with Gasteiger partial charge in [0.1, 0.15) is 11.6 Å². The molecule has 0 aliphatic rings. The third-order valence-corrected chi connectivity index (χ3v) is 13.1. The summed E-state index contributed by atoms with van der Waals surface area (Å²) in [6.07, 6.45) is 2.86. The maximum absolute atomic E-state index is 12.6. The fraction of sp³-hybridized carbons (Fsp3) is 0.250. The van der Waals surface area contributed by atoms with Gasteiger partial charge in [-0.2, -0.15) is 0 Å². The Hall–Kier alpha value is -6.35. The number of fused-ring (bicyclic) bond motifs is 1. The SMILES string of the molecule is CC(C)Cc1ccc(-n2c(-c3cc(C(C)(C)C)cc(C(C)(C)C)c3O)nc3c(-c4[c-]c(-c5cc(-c6ccc(C(C)(C)C)cc6)ccn5)cc(-c5ccccc5)c4)cccc32)c(-c2ccccc2)c1.[Pt]. The minimum atomic E-state index is -0.333. The molecule has 9 aromatic rings. The van der Waals surface area contributed by atoms with Crippen LogP contribution in [0.1, 0.15) is 98.4 Å². The van der Waals surface area contributed by atoms with E-state index in [0.717, 1.165) is 90.0 Å². The number of aromatic hydroxyl groups is 1. The van der Waals surface area contributed by atoms with E-state index in [1.54, 1.807) is 0 Å². The molecule has 4 nitrogen and oxygen atoms in total. The van der Waals surface area contributed by atoms with Crippen LogP contribution < -0.4 is 0 Å². The van der Waals surface area contributed by atoms with Gasteiger partial charge in [-0.05, 0) is 97.9 Å². The van der Waals surface area contributed by atoms with Gasteiger partial charge in [0.2, 0.25) is 0 Å². The number of hydrogen-bond acceptors (Lipinski definition) is 3. The molecule has 0 bridgehead atoms. The predicted octanol–water partition coefficient (Wildman–Crippen LogP) is 17.0. The monoisotopic (exact) mass is 1090 g/mol. The molecule has 5 heteroatoms. The van der Waals surface area contributed by atoms with E-state index in [2.05, 4.69) is 245 Å². The molecular weight excluding hydrogens is 1020 g/mol. The van der Waals surface area contributed by atoms with E-state index in [1.165, 1.54) is 11.1 Å².